The molecule has 2 nitrogen and oxygen atoms in total. The lowest BCUT2D eigenvalue weighted by atomic mass is 9.85. The van der Waals surface area contributed by atoms with Crippen LogP contribution >= 0.6 is 0 Å². The summed E-state index contributed by atoms with van der Waals surface area (Å²) in [6.07, 6.45) is 2.63. The molecule has 0 unspecified atom stereocenters. The van der Waals surface area contributed by atoms with E-state index in [1.54, 1.807) is 0 Å². The summed E-state index contributed by atoms with van der Waals surface area (Å²) in [4.78, 5) is 11.7. The first-order chi connectivity index (χ1) is 7.53. The molecule has 0 bridgehead atoms. The van der Waals surface area contributed by atoms with Crippen LogP contribution in [0.3, 0.4) is 0 Å². The summed E-state index contributed by atoms with van der Waals surface area (Å²) in [7, 11) is 0. The largest absolute Gasteiger partial charge is 0.326 e. The highest BCUT2D eigenvalue weighted by atomic mass is 16.1. The number of carbonyl (C=O) groups is 1. The molecular formula is C14H21NO. The number of hydrogen-bond donors (Lipinski definition) is 1. The van der Waals surface area contributed by atoms with Crippen LogP contribution in [0.1, 0.15) is 40.0 Å². The molecule has 0 saturated carbocycles. The number of rotatable bonds is 5. The van der Waals surface area contributed by atoms with Gasteiger partial charge in [-0.1, -0.05) is 45.4 Å². The van der Waals surface area contributed by atoms with Gasteiger partial charge < -0.3 is 5.32 Å². The normalized spacial score (nSPS) is 11.2. The maximum Gasteiger partial charge on any atom is 0.224 e. The van der Waals surface area contributed by atoms with E-state index < -0.39 is 0 Å². The average Bonchev–Trinajstić information content (AvgIpc) is 2.28. The Hall–Kier alpha value is -1.31. The van der Waals surface area contributed by atoms with E-state index in [9.17, 15) is 4.79 Å². The van der Waals surface area contributed by atoms with Gasteiger partial charge >= 0.3 is 0 Å². The molecule has 0 spiro atoms. The minimum atomic E-state index is 0.104. The van der Waals surface area contributed by atoms with Crippen LogP contribution in [-0.2, 0) is 4.79 Å². The number of hydrogen-bond acceptors (Lipinski definition) is 1. The van der Waals surface area contributed by atoms with Crippen molar-refractivity contribution in [2.45, 2.75) is 40.0 Å². The van der Waals surface area contributed by atoms with Gasteiger partial charge in [0.2, 0.25) is 5.91 Å². The van der Waals surface area contributed by atoms with E-state index in [2.05, 4.69) is 26.1 Å². The summed E-state index contributed by atoms with van der Waals surface area (Å²) in [6.45, 7) is 6.56. The van der Waals surface area contributed by atoms with E-state index in [0.29, 0.717) is 6.42 Å². The molecule has 0 saturated heterocycles. The van der Waals surface area contributed by atoms with Crippen molar-refractivity contribution in [1.29, 1.82) is 0 Å². The van der Waals surface area contributed by atoms with Gasteiger partial charge in [0.15, 0.2) is 0 Å². The second-order valence-corrected chi connectivity index (χ2v) is 4.93. The summed E-state index contributed by atoms with van der Waals surface area (Å²) < 4.78 is 0. The van der Waals surface area contributed by atoms with Gasteiger partial charge in [-0.3, -0.25) is 4.79 Å². The van der Waals surface area contributed by atoms with Crippen molar-refractivity contribution < 1.29 is 4.79 Å². The van der Waals surface area contributed by atoms with Crippen LogP contribution in [-0.4, -0.2) is 5.91 Å². The third kappa shape index (κ3) is 4.47. The third-order valence-electron chi connectivity index (χ3n) is 3.04. The molecule has 0 fully saturated rings. The Morgan fingerprint density at radius 2 is 1.88 bits per heavy atom. The lowest BCUT2D eigenvalue weighted by molar-refractivity contribution is -0.116. The Kier molecular flexibility index (Phi) is 4.53. The molecule has 1 N–H and O–H groups in total. The first-order valence-corrected chi connectivity index (χ1v) is 5.88. The van der Waals surface area contributed by atoms with Gasteiger partial charge in [0.1, 0.15) is 0 Å². The minimum Gasteiger partial charge on any atom is -0.326 e. The monoisotopic (exact) mass is 219 g/mol. The van der Waals surface area contributed by atoms with Crippen molar-refractivity contribution >= 4 is 11.6 Å². The lowest BCUT2D eigenvalue weighted by Crippen LogP contribution is -2.17. The molecule has 1 aromatic carbocycles. The first kappa shape index (κ1) is 12.8. The highest BCUT2D eigenvalue weighted by molar-refractivity contribution is 5.90. The molecule has 0 aliphatic heterocycles. The molecule has 0 heterocycles. The Morgan fingerprint density at radius 1 is 1.25 bits per heavy atom. The second-order valence-electron chi connectivity index (χ2n) is 4.93. The molecule has 1 amide bonds. The Balaban J connectivity index is 2.38. The van der Waals surface area contributed by atoms with Crippen LogP contribution in [0.25, 0.3) is 0 Å². The van der Waals surface area contributed by atoms with Gasteiger partial charge in [0, 0.05) is 12.1 Å². The number of benzene rings is 1. The first-order valence-electron chi connectivity index (χ1n) is 5.88. The van der Waals surface area contributed by atoms with Crippen molar-refractivity contribution in [3.63, 3.8) is 0 Å². The van der Waals surface area contributed by atoms with Crippen molar-refractivity contribution in [2.24, 2.45) is 5.41 Å². The zero-order chi connectivity index (χ0) is 12.0. The Morgan fingerprint density at radius 3 is 2.44 bits per heavy atom. The predicted molar refractivity (Wildman–Crippen MR) is 68.4 cm³/mol. The Labute approximate surface area is 98.1 Å². The van der Waals surface area contributed by atoms with E-state index in [1.165, 1.54) is 0 Å². The average molecular weight is 219 g/mol. The van der Waals surface area contributed by atoms with Crippen LogP contribution in [0.5, 0.6) is 0 Å². The second kappa shape index (κ2) is 5.69. The summed E-state index contributed by atoms with van der Waals surface area (Å²) in [5.74, 6) is 0.104. The fraction of sp³-hybridized carbons (Fsp3) is 0.500. The van der Waals surface area contributed by atoms with Crippen LogP contribution in [0.2, 0.25) is 0 Å². The predicted octanol–water partition coefficient (Wildman–Crippen LogP) is 3.84. The summed E-state index contributed by atoms with van der Waals surface area (Å²) >= 11 is 0. The molecule has 0 aliphatic rings. The van der Waals surface area contributed by atoms with E-state index in [1.807, 2.05) is 30.3 Å². The fourth-order valence-corrected chi connectivity index (χ4v) is 1.37. The van der Waals surface area contributed by atoms with Gasteiger partial charge in [-0.05, 0) is 24.0 Å². The maximum absolute atomic E-state index is 11.7. The molecule has 0 radical (unpaired) electrons. The SMILES string of the molecule is CCC(C)(C)CCC(=O)Nc1ccccc1. The van der Waals surface area contributed by atoms with Crippen molar-refractivity contribution in [3.8, 4) is 0 Å². The zero-order valence-electron chi connectivity index (χ0n) is 10.4. The molecule has 0 atom stereocenters. The summed E-state index contributed by atoms with van der Waals surface area (Å²) in [6, 6.07) is 9.60. The van der Waals surface area contributed by atoms with Gasteiger partial charge in [-0.25, -0.2) is 0 Å². The molecule has 16 heavy (non-hydrogen) atoms. The van der Waals surface area contributed by atoms with Crippen LogP contribution in [0.4, 0.5) is 5.69 Å². The lowest BCUT2D eigenvalue weighted by Gasteiger charge is -2.21. The molecule has 0 aliphatic carbocycles. The minimum absolute atomic E-state index is 0.104. The highest BCUT2D eigenvalue weighted by Crippen LogP contribution is 2.26. The van der Waals surface area contributed by atoms with Gasteiger partial charge in [0.25, 0.3) is 0 Å². The fourth-order valence-electron chi connectivity index (χ4n) is 1.37. The van der Waals surface area contributed by atoms with Crippen LogP contribution in [0.15, 0.2) is 30.3 Å². The number of carbonyl (C=O) groups excluding carboxylic acids is 1. The van der Waals surface area contributed by atoms with Crippen LogP contribution in [0, 0.1) is 5.41 Å². The van der Waals surface area contributed by atoms with Gasteiger partial charge in [-0.15, -0.1) is 0 Å². The standard InChI is InChI=1S/C14H21NO/c1-4-14(2,3)11-10-13(16)15-12-8-6-5-7-9-12/h5-9H,4,10-11H2,1-3H3,(H,15,16). The van der Waals surface area contributed by atoms with Crippen molar-refractivity contribution in [2.75, 3.05) is 5.32 Å². The maximum atomic E-state index is 11.7. The van der Waals surface area contributed by atoms with E-state index >= 15 is 0 Å². The number of anilines is 1. The summed E-state index contributed by atoms with van der Waals surface area (Å²) in [5.41, 5.74) is 1.13. The van der Waals surface area contributed by atoms with Crippen molar-refractivity contribution in [1.82, 2.24) is 0 Å². The number of nitrogens with one attached hydrogen (secondary N) is 1. The molecule has 1 rings (SSSR count). The van der Waals surface area contributed by atoms with Crippen molar-refractivity contribution in [3.05, 3.63) is 30.3 Å². The number of amides is 1. The third-order valence-corrected chi connectivity index (χ3v) is 3.04. The molecule has 0 aromatic heterocycles. The van der Waals surface area contributed by atoms with Crippen LogP contribution < -0.4 is 5.32 Å². The quantitative estimate of drug-likeness (QED) is 0.801. The topological polar surface area (TPSA) is 29.1 Å². The van der Waals surface area contributed by atoms with E-state index in [0.717, 1.165) is 18.5 Å². The summed E-state index contributed by atoms with van der Waals surface area (Å²) in [5, 5.41) is 2.90. The zero-order valence-corrected chi connectivity index (χ0v) is 10.4. The van der Waals surface area contributed by atoms with Gasteiger partial charge in [0.05, 0.1) is 0 Å². The number of para-hydroxylation sites is 1. The van der Waals surface area contributed by atoms with Gasteiger partial charge in [-0.2, -0.15) is 0 Å². The smallest absolute Gasteiger partial charge is 0.224 e. The molecule has 2 heteroatoms. The van der Waals surface area contributed by atoms with E-state index in [-0.39, 0.29) is 11.3 Å². The Bertz CT molecular complexity index is 330. The molecule has 1 aromatic rings. The molecular weight excluding hydrogens is 198 g/mol. The highest BCUT2D eigenvalue weighted by Gasteiger charge is 2.16. The molecule has 88 valence electrons. The van der Waals surface area contributed by atoms with E-state index in [4.69, 9.17) is 0 Å².